The molecule has 3 aromatic rings. The zero-order valence-corrected chi connectivity index (χ0v) is 18.4. The van der Waals surface area contributed by atoms with Crippen molar-refractivity contribution < 1.29 is 41.7 Å². The van der Waals surface area contributed by atoms with Crippen LogP contribution >= 0.6 is 0 Å². The molecule has 2 aromatic carbocycles. The third-order valence-electron chi connectivity index (χ3n) is 5.77. The zero-order chi connectivity index (χ0) is 25.0. The van der Waals surface area contributed by atoms with E-state index in [-0.39, 0.29) is 46.5 Å². The summed E-state index contributed by atoms with van der Waals surface area (Å²) in [5.41, 5.74) is -0.581. The molecule has 11 heteroatoms. The van der Waals surface area contributed by atoms with Gasteiger partial charge in [0.1, 0.15) is 29.4 Å². The molecule has 0 unspecified atom stereocenters. The van der Waals surface area contributed by atoms with Gasteiger partial charge in [0.2, 0.25) is 5.91 Å². The topological polar surface area (TPSA) is 96.0 Å². The molecule has 1 aromatic heterocycles. The van der Waals surface area contributed by atoms with E-state index >= 15 is 0 Å². The average Bonchev–Trinajstić information content (AvgIpc) is 3.32. The number of carbonyl (C=O) groups excluding carboxylic acids is 2. The Hall–Kier alpha value is -4.28. The fourth-order valence-electron chi connectivity index (χ4n) is 3.89. The highest BCUT2D eigenvalue weighted by atomic mass is 19.3. The maximum atomic E-state index is 14.5. The third kappa shape index (κ3) is 3.88. The molecule has 180 valence electrons. The van der Waals surface area contributed by atoms with E-state index in [1.165, 1.54) is 43.5 Å². The Bertz CT molecular complexity index is 1380. The average molecular weight is 486 g/mol. The van der Waals surface area contributed by atoms with Gasteiger partial charge in [0.25, 0.3) is 0 Å². The molecule has 0 spiro atoms. The number of fused-ring (bicyclic) bond motifs is 2. The summed E-state index contributed by atoms with van der Waals surface area (Å²) < 4.78 is 60.5. The minimum Gasteiger partial charge on any atom is -0.492 e. The monoisotopic (exact) mass is 486 g/mol. The summed E-state index contributed by atoms with van der Waals surface area (Å²) in [6, 6.07) is 10.8. The van der Waals surface area contributed by atoms with E-state index in [9.17, 15) is 22.8 Å². The van der Waals surface area contributed by atoms with Gasteiger partial charge >= 0.3 is 12.3 Å². The first-order valence-electron chi connectivity index (χ1n) is 10.3. The second-order valence-electron chi connectivity index (χ2n) is 8.13. The van der Waals surface area contributed by atoms with Crippen LogP contribution in [0.25, 0.3) is 11.3 Å². The highest BCUT2D eigenvalue weighted by Gasteiger charge is 2.49. The minimum atomic E-state index is -3.80. The molecule has 3 heterocycles. The summed E-state index contributed by atoms with van der Waals surface area (Å²) in [6.07, 6.45) is -3.80. The van der Waals surface area contributed by atoms with Crippen LogP contribution in [0, 0.1) is 5.82 Å². The lowest BCUT2D eigenvalue weighted by atomic mass is 9.83. The lowest BCUT2D eigenvalue weighted by Crippen LogP contribution is -2.39. The van der Waals surface area contributed by atoms with E-state index in [4.69, 9.17) is 4.74 Å². The van der Waals surface area contributed by atoms with Crippen LogP contribution < -0.4 is 19.5 Å². The molecule has 2 aliphatic rings. The van der Waals surface area contributed by atoms with Crippen LogP contribution in [-0.2, 0) is 14.9 Å². The maximum absolute atomic E-state index is 14.5. The van der Waals surface area contributed by atoms with Gasteiger partial charge in [-0.1, -0.05) is 6.07 Å². The number of esters is 1. The highest BCUT2D eigenvalue weighted by Crippen LogP contribution is 2.50. The van der Waals surface area contributed by atoms with Crippen LogP contribution in [0.5, 0.6) is 17.2 Å². The molecule has 35 heavy (non-hydrogen) atoms. The van der Waals surface area contributed by atoms with Crippen LogP contribution in [0.4, 0.5) is 19.0 Å². The maximum Gasteiger partial charge on any atom is 0.586 e. The van der Waals surface area contributed by atoms with Crippen molar-refractivity contribution in [2.75, 3.05) is 19.0 Å². The number of methoxy groups -OCH3 is 1. The van der Waals surface area contributed by atoms with Gasteiger partial charge in [-0.2, -0.15) is 0 Å². The Labute approximate surface area is 196 Å². The molecule has 2 aliphatic heterocycles. The summed E-state index contributed by atoms with van der Waals surface area (Å²) in [5.74, 6) is -1.86. The van der Waals surface area contributed by atoms with Crippen molar-refractivity contribution >= 4 is 17.7 Å². The van der Waals surface area contributed by atoms with Crippen molar-refractivity contribution in [3.8, 4) is 28.5 Å². The number of nitrogens with one attached hydrogen (secondary N) is 1. The zero-order valence-electron chi connectivity index (χ0n) is 18.4. The number of benzene rings is 2. The number of alkyl halides is 2. The van der Waals surface area contributed by atoms with Gasteiger partial charge in [-0.15, -0.1) is 8.78 Å². The molecule has 1 N–H and O–H groups in total. The van der Waals surface area contributed by atoms with Gasteiger partial charge in [-0.25, -0.2) is 14.2 Å². The summed E-state index contributed by atoms with van der Waals surface area (Å²) in [6.45, 7) is 1.51. The van der Waals surface area contributed by atoms with Crippen LogP contribution in [0.2, 0.25) is 0 Å². The number of halogens is 3. The molecule has 0 aliphatic carbocycles. The van der Waals surface area contributed by atoms with Gasteiger partial charge < -0.3 is 24.3 Å². The SMILES string of the molecule is COC(=O)c1ccc(F)c(-c2cccc(NC(=O)[C@@]3(C)COc4cc5c(cc43)OC(F)(F)O5)n2)c1. The molecule has 0 fully saturated rings. The Balaban J connectivity index is 1.42. The molecular formula is C24H17F3N2O6. The highest BCUT2D eigenvalue weighted by molar-refractivity contribution is 6.00. The molecule has 0 bridgehead atoms. The standard InChI is InChI=1S/C24H17F3N2O6/c1-23(11-33-17-10-19-18(9-14(17)23)34-24(26,27)35-19)22(31)29-20-5-3-4-16(28-20)13-8-12(21(30)32-2)6-7-15(13)25/h3-10H,11H2,1-2H3,(H,28,29,31)/t23-/m0/s1. The van der Waals surface area contributed by atoms with Gasteiger partial charge in [0, 0.05) is 17.2 Å². The van der Waals surface area contributed by atoms with Crippen molar-refractivity contribution in [1.29, 1.82) is 0 Å². The Kier molecular flexibility index (Phi) is 5.08. The van der Waals surface area contributed by atoms with Crippen molar-refractivity contribution in [2.45, 2.75) is 18.6 Å². The van der Waals surface area contributed by atoms with Crippen LogP contribution in [-0.4, -0.2) is 36.9 Å². The second kappa shape index (κ2) is 7.90. The number of amides is 1. The van der Waals surface area contributed by atoms with Crippen molar-refractivity contribution in [3.05, 3.63) is 65.5 Å². The van der Waals surface area contributed by atoms with Gasteiger partial charge in [-0.05, 0) is 43.3 Å². The Morgan fingerprint density at radius 3 is 2.54 bits per heavy atom. The van der Waals surface area contributed by atoms with E-state index in [1.54, 1.807) is 13.0 Å². The first-order valence-corrected chi connectivity index (χ1v) is 10.3. The molecule has 8 nitrogen and oxygen atoms in total. The third-order valence-corrected chi connectivity index (χ3v) is 5.77. The second-order valence-corrected chi connectivity index (χ2v) is 8.13. The minimum absolute atomic E-state index is 0.0402. The number of aromatic nitrogens is 1. The smallest absolute Gasteiger partial charge is 0.492 e. The summed E-state index contributed by atoms with van der Waals surface area (Å²) in [5, 5.41) is 2.66. The van der Waals surface area contributed by atoms with E-state index < -0.39 is 29.4 Å². The summed E-state index contributed by atoms with van der Waals surface area (Å²) >= 11 is 0. The molecule has 5 rings (SSSR count). The predicted octanol–water partition coefficient (Wildman–Crippen LogP) is 4.28. The normalized spacial score (nSPS) is 19.0. The van der Waals surface area contributed by atoms with Crippen molar-refractivity contribution in [2.24, 2.45) is 0 Å². The number of rotatable bonds is 4. The van der Waals surface area contributed by atoms with Crippen molar-refractivity contribution in [3.63, 3.8) is 0 Å². The largest absolute Gasteiger partial charge is 0.586 e. The van der Waals surface area contributed by atoms with E-state index in [0.717, 1.165) is 6.07 Å². The molecule has 1 atom stereocenters. The van der Waals surface area contributed by atoms with Gasteiger partial charge in [0.05, 0.1) is 18.4 Å². The van der Waals surface area contributed by atoms with E-state index in [0.29, 0.717) is 5.56 Å². The lowest BCUT2D eigenvalue weighted by Gasteiger charge is -2.21. The Morgan fingerprint density at radius 2 is 1.80 bits per heavy atom. The van der Waals surface area contributed by atoms with Crippen LogP contribution in [0.1, 0.15) is 22.8 Å². The van der Waals surface area contributed by atoms with Gasteiger partial charge in [-0.3, -0.25) is 4.79 Å². The quantitative estimate of drug-likeness (QED) is 0.550. The molecule has 1 amide bonds. The van der Waals surface area contributed by atoms with E-state index in [2.05, 4.69) is 24.5 Å². The molecular weight excluding hydrogens is 469 g/mol. The Morgan fingerprint density at radius 1 is 1.06 bits per heavy atom. The number of anilines is 1. The molecule has 0 radical (unpaired) electrons. The van der Waals surface area contributed by atoms with E-state index in [1.807, 2.05) is 0 Å². The first-order chi connectivity index (χ1) is 16.6. The number of pyridine rings is 1. The predicted molar refractivity (Wildman–Crippen MR) is 115 cm³/mol. The van der Waals surface area contributed by atoms with Gasteiger partial charge in [0.15, 0.2) is 11.5 Å². The fourth-order valence-corrected chi connectivity index (χ4v) is 3.89. The van der Waals surface area contributed by atoms with Crippen molar-refractivity contribution in [1.82, 2.24) is 4.98 Å². The summed E-state index contributed by atoms with van der Waals surface area (Å²) in [7, 11) is 1.21. The summed E-state index contributed by atoms with van der Waals surface area (Å²) in [4.78, 5) is 29.4. The fraction of sp³-hybridized carbons (Fsp3) is 0.208. The first kappa shape index (κ1) is 22.5. The number of hydrogen-bond donors (Lipinski definition) is 1. The number of carbonyl (C=O) groups is 2. The molecule has 0 saturated heterocycles. The van der Waals surface area contributed by atoms with Crippen LogP contribution in [0.15, 0.2) is 48.5 Å². The molecule has 0 saturated carbocycles. The number of hydrogen-bond acceptors (Lipinski definition) is 7. The van der Waals surface area contributed by atoms with Crippen LogP contribution in [0.3, 0.4) is 0 Å². The number of ether oxygens (including phenoxy) is 4. The number of nitrogens with zero attached hydrogens (tertiary/aromatic N) is 1. The lowest BCUT2D eigenvalue weighted by molar-refractivity contribution is -0.286.